The van der Waals surface area contributed by atoms with Crippen LogP contribution in [0.25, 0.3) is 21.5 Å². The van der Waals surface area contributed by atoms with Crippen molar-refractivity contribution in [3.05, 3.63) is 95.7 Å². The summed E-state index contributed by atoms with van der Waals surface area (Å²) >= 11 is -2.48. The lowest BCUT2D eigenvalue weighted by Gasteiger charge is -2.40. The fraction of sp³-hybridized carbons (Fsp3) is 0.408. The number of benzene rings is 4. The summed E-state index contributed by atoms with van der Waals surface area (Å²) in [5.74, 6) is -1.52. The number of rotatable bonds is 22. The highest BCUT2D eigenvalue weighted by Crippen LogP contribution is 2.56. The molecule has 0 saturated carbocycles. The summed E-state index contributed by atoms with van der Waals surface area (Å²) in [5, 5.41) is 2.76. The van der Waals surface area contributed by atoms with Crippen molar-refractivity contribution in [1.82, 2.24) is 14.7 Å². The number of likely N-dealkylation sites (N-methyl/N-ethyl adjacent to an activating group) is 1. The lowest BCUT2D eigenvalue weighted by molar-refractivity contribution is -0.137. The Bertz CT molecular complexity index is 3640. The van der Waals surface area contributed by atoms with E-state index in [2.05, 4.69) is 5.32 Å². The van der Waals surface area contributed by atoms with E-state index in [0.717, 1.165) is 29.2 Å². The van der Waals surface area contributed by atoms with Gasteiger partial charge in [-0.05, 0) is 97.5 Å². The molecule has 3 amide bonds. The molecule has 3 aliphatic rings. The van der Waals surface area contributed by atoms with Gasteiger partial charge in [-0.25, -0.2) is 0 Å². The number of nitrogens with zero attached hydrogens (tertiary/aromatic N) is 3. The van der Waals surface area contributed by atoms with Gasteiger partial charge < -0.3 is 19.5 Å². The number of methoxy groups -OCH3 is 1. The Morgan fingerprint density at radius 1 is 0.763 bits per heavy atom. The van der Waals surface area contributed by atoms with Gasteiger partial charge in [-0.3, -0.25) is 46.2 Å². The van der Waals surface area contributed by atoms with Crippen LogP contribution in [0.5, 0.6) is 0 Å². The summed E-state index contributed by atoms with van der Waals surface area (Å²) in [6.45, 7) is 6.23. The van der Waals surface area contributed by atoms with Crippen LogP contribution in [0.15, 0.2) is 104 Å². The summed E-state index contributed by atoms with van der Waals surface area (Å²) in [4.78, 5) is 36.4. The number of hydrogen-bond donors (Lipinski definition) is 5. The molecule has 0 radical (unpaired) electrons. The standard InChI is InChI=1S/C49H58N4O18S5/c1-48(2)41(11-9-12-42-49(3,20-10-26-72(57)58)47-36-28-32(74(62,63)64)30-40(76(68,69)70)34(36)15-17-38(47)53(42,4)24-25-71-5)51(22-8-6-7-13-43(54)50-21-23-52-44(55)18-19-45(52)56)37-16-14-33-35(46(37)48)27-31(73(59,60)61)29-39(33)75(65,66)67/h9,11-12,14-19,27-30,42H,6-8,10,13,20-26H2,1-5H3,(H5-,50,54,57,58,59,60,61,62,63,64,65,66,67,68,69,70)/b12-9+,41-11+. The first kappa shape index (κ1) is 58.4. The molecule has 0 aliphatic carbocycles. The van der Waals surface area contributed by atoms with Crippen LogP contribution in [-0.2, 0) is 81.5 Å². The number of imide groups is 1. The van der Waals surface area contributed by atoms with Crippen LogP contribution < -0.4 is 14.7 Å². The molecule has 5 N–H and O–H groups in total. The van der Waals surface area contributed by atoms with Crippen LogP contribution in [-0.4, -0.2) is 142 Å². The van der Waals surface area contributed by atoms with Crippen LogP contribution in [0, 0.1) is 0 Å². The number of carbonyl (C=O) groups is 3. The summed E-state index contributed by atoms with van der Waals surface area (Å²) in [6.07, 6.45) is 9.46. The van der Waals surface area contributed by atoms with Crippen LogP contribution in [0.4, 0.5) is 11.4 Å². The van der Waals surface area contributed by atoms with Gasteiger partial charge in [0, 0.05) is 90.3 Å². The monoisotopic (exact) mass is 1150 g/mol. The highest BCUT2D eigenvalue weighted by molar-refractivity contribution is 7.87. The Morgan fingerprint density at radius 3 is 1.87 bits per heavy atom. The van der Waals surface area contributed by atoms with E-state index in [1.54, 1.807) is 24.3 Å². The maximum Gasteiger partial charge on any atom is 0.295 e. The summed E-state index contributed by atoms with van der Waals surface area (Å²) in [6, 6.07) is 9.00. The van der Waals surface area contributed by atoms with E-state index in [0.29, 0.717) is 59.6 Å². The second kappa shape index (κ2) is 21.5. The Hall–Kier alpha value is -5.30. The number of amides is 3. The molecule has 4 unspecified atom stereocenters. The van der Waals surface area contributed by atoms with Gasteiger partial charge in [0.1, 0.15) is 28.1 Å². The van der Waals surface area contributed by atoms with Gasteiger partial charge in [0.05, 0.1) is 28.9 Å². The fourth-order valence-electron chi connectivity index (χ4n) is 11.2. The number of nitrogens with one attached hydrogen (secondary N) is 1. The Kier molecular flexibility index (Phi) is 16.5. The van der Waals surface area contributed by atoms with E-state index in [-0.39, 0.29) is 89.7 Å². The molecule has 4 atom stereocenters. The van der Waals surface area contributed by atoms with Crippen molar-refractivity contribution in [2.45, 2.75) is 95.7 Å². The average Bonchev–Trinajstić information content (AvgIpc) is 3.83. The van der Waals surface area contributed by atoms with Crippen LogP contribution >= 0.6 is 0 Å². The van der Waals surface area contributed by atoms with Crippen molar-refractivity contribution in [3.63, 3.8) is 0 Å². The van der Waals surface area contributed by atoms with E-state index in [9.17, 15) is 75.0 Å². The first-order valence-corrected chi connectivity index (χ1v) is 30.8. The largest absolute Gasteiger partial charge is 0.772 e. The van der Waals surface area contributed by atoms with Crippen molar-refractivity contribution in [1.29, 1.82) is 0 Å². The molecule has 0 fully saturated rings. The number of quaternary nitrogens is 1. The van der Waals surface area contributed by atoms with E-state index in [1.807, 2.05) is 38.8 Å². The number of fused-ring (bicyclic) bond motifs is 6. The second-order valence-corrected chi connectivity index (χ2v) is 26.5. The summed E-state index contributed by atoms with van der Waals surface area (Å²) < 4.78 is 173. The highest BCUT2D eigenvalue weighted by atomic mass is 32.2. The van der Waals surface area contributed by atoms with Gasteiger partial charge in [0.15, 0.2) is 0 Å². The molecule has 0 aromatic heterocycles. The third kappa shape index (κ3) is 11.5. The van der Waals surface area contributed by atoms with Crippen LogP contribution in [0.1, 0.15) is 70.4 Å². The third-order valence-corrected chi connectivity index (χ3v) is 18.7. The second-order valence-electron chi connectivity index (χ2n) is 19.8. The number of hydrogen-bond acceptors (Lipinski definition) is 15. The van der Waals surface area contributed by atoms with Crippen molar-refractivity contribution in [2.75, 3.05) is 57.6 Å². The number of ether oxygens (including phenoxy) is 1. The van der Waals surface area contributed by atoms with E-state index in [1.165, 1.54) is 19.2 Å². The quantitative estimate of drug-likeness (QED) is 0.0234. The first-order chi connectivity index (χ1) is 35.3. The van der Waals surface area contributed by atoms with Gasteiger partial charge in [-0.15, -0.1) is 0 Å². The fourth-order valence-corrected chi connectivity index (χ4v) is 14.3. The maximum atomic E-state index is 12.9. The SMILES string of the molecule is COCC[N+]1(C)c2ccc3c(S(=O)(=O)O)cc(S(=O)(=O)O)cc3c2C(C)(CCCS(=O)[O-])C1/C=C/C=C1/N(CCCCCC(=O)NCCN2C(=O)C=CC2=O)c2ccc3c(S(=O)(=O)O)cc(S(=O)(=O)O)cc3c2C1(C)C. The van der Waals surface area contributed by atoms with Crippen molar-refractivity contribution < 1.29 is 79.8 Å². The minimum Gasteiger partial charge on any atom is -0.772 e. The Balaban J connectivity index is 1.34. The number of allylic oxidation sites excluding steroid dienone is 3. The molecule has 4 aromatic carbocycles. The predicted molar refractivity (Wildman–Crippen MR) is 281 cm³/mol. The molecule has 4 aromatic rings. The number of anilines is 1. The molecule has 0 saturated heterocycles. The highest BCUT2D eigenvalue weighted by Gasteiger charge is 2.57. The van der Waals surface area contributed by atoms with Crippen LogP contribution in [0.2, 0.25) is 0 Å². The smallest absolute Gasteiger partial charge is 0.295 e. The molecule has 76 heavy (non-hydrogen) atoms. The van der Waals surface area contributed by atoms with Gasteiger partial charge in [-0.2, -0.15) is 33.7 Å². The lowest BCUT2D eigenvalue weighted by atomic mass is 9.73. The molecule has 412 valence electrons. The molecule has 0 bridgehead atoms. The van der Waals surface area contributed by atoms with Crippen molar-refractivity contribution >= 4 is 102 Å². The molecule has 3 heterocycles. The molecule has 7 rings (SSSR count). The Labute approximate surface area is 443 Å². The molecular weight excluding hydrogens is 1090 g/mol. The van der Waals surface area contributed by atoms with E-state index >= 15 is 0 Å². The Morgan fingerprint density at radius 2 is 1.33 bits per heavy atom. The molecule has 22 nitrogen and oxygen atoms in total. The van der Waals surface area contributed by atoms with Crippen molar-refractivity contribution in [3.8, 4) is 0 Å². The maximum absolute atomic E-state index is 12.9. The predicted octanol–water partition coefficient (Wildman–Crippen LogP) is 4.70. The zero-order valence-electron chi connectivity index (χ0n) is 42.0. The first-order valence-electron chi connectivity index (χ1n) is 23.8. The van der Waals surface area contributed by atoms with E-state index < -0.39 is 99.8 Å². The zero-order chi connectivity index (χ0) is 56.1. The lowest BCUT2D eigenvalue weighted by Crippen LogP contribution is -2.56. The number of unbranched alkanes of at least 4 members (excludes halogenated alkanes) is 2. The minimum absolute atomic E-state index is 0.00480. The normalized spacial score (nSPS) is 21.7. The molecule has 3 aliphatic heterocycles. The molecular formula is C49H58N4O18S5. The molecule has 27 heteroatoms. The van der Waals surface area contributed by atoms with Gasteiger partial charge in [0.25, 0.3) is 52.3 Å². The third-order valence-electron chi connectivity index (χ3n) is 14.6. The average molecular weight is 1150 g/mol. The number of carbonyl (C=O) groups excluding carboxylic acids is 3. The van der Waals surface area contributed by atoms with Gasteiger partial charge in [-0.1, -0.05) is 43.5 Å². The topological polar surface area (TPSA) is 337 Å². The minimum atomic E-state index is -5.10. The van der Waals surface area contributed by atoms with Crippen molar-refractivity contribution in [2.24, 2.45) is 0 Å². The van der Waals surface area contributed by atoms with Gasteiger partial charge in [0.2, 0.25) is 5.91 Å². The summed E-state index contributed by atoms with van der Waals surface area (Å²) in [7, 11) is -16.9. The summed E-state index contributed by atoms with van der Waals surface area (Å²) in [5.41, 5.74) is 0.279. The molecule has 0 spiro atoms. The van der Waals surface area contributed by atoms with Crippen LogP contribution in [0.3, 0.4) is 0 Å². The zero-order valence-corrected chi connectivity index (χ0v) is 46.0. The van der Waals surface area contributed by atoms with Gasteiger partial charge >= 0.3 is 0 Å². The van der Waals surface area contributed by atoms with E-state index in [4.69, 9.17) is 4.74 Å².